The lowest BCUT2D eigenvalue weighted by Crippen LogP contribution is -3.14. The van der Waals surface area contributed by atoms with Crippen LogP contribution in [0.2, 0.25) is 0 Å². The highest BCUT2D eigenvalue weighted by molar-refractivity contribution is 5.91. The zero-order valence-corrected chi connectivity index (χ0v) is 13.0. The number of quaternary nitrogens is 1. The number of piperazine rings is 1. The minimum absolute atomic E-state index is 0.0299. The molecule has 1 fully saturated rings. The van der Waals surface area contributed by atoms with Crippen molar-refractivity contribution in [2.45, 2.75) is 20.3 Å². The molecule has 0 radical (unpaired) electrons. The maximum atomic E-state index is 12.3. The van der Waals surface area contributed by atoms with Crippen molar-refractivity contribution in [1.29, 1.82) is 0 Å². The van der Waals surface area contributed by atoms with Gasteiger partial charge in [-0.15, -0.1) is 0 Å². The number of ether oxygens (including phenoxy) is 1. The Labute approximate surface area is 126 Å². The topological polar surface area (TPSA) is 46.0 Å². The number of rotatable bonds is 5. The van der Waals surface area contributed by atoms with E-state index in [1.54, 1.807) is 4.90 Å². The Hall–Kier alpha value is -1.75. The number of nitrogens with zero attached hydrogens (tertiary/aromatic N) is 1. The zero-order chi connectivity index (χ0) is 15.1. The molecule has 5 heteroatoms. The summed E-state index contributed by atoms with van der Waals surface area (Å²) in [6.07, 6.45) is 1.20. The van der Waals surface area contributed by atoms with Crippen LogP contribution in [0.25, 0.3) is 0 Å². The lowest BCUT2D eigenvalue weighted by molar-refractivity contribution is -0.904. The van der Waals surface area contributed by atoms with Gasteiger partial charge in [0.05, 0.1) is 45.0 Å². The Morgan fingerprint density at radius 3 is 2.67 bits per heavy atom. The van der Waals surface area contributed by atoms with E-state index >= 15 is 0 Å². The van der Waals surface area contributed by atoms with Crippen LogP contribution < -0.4 is 15.0 Å². The summed E-state index contributed by atoms with van der Waals surface area (Å²) in [4.78, 5) is 15.8. The van der Waals surface area contributed by atoms with Gasteiger partial charge in [-0.3, -0.25) is 0 Å². The average Bonchev–Trinajstić information content (AvgIpc) is 2.50. The van der Waals surface area contributed by atoms with E-state index in [2.05, 4.69) is 12.2 Å². The van der Waals surface area contributed by atoms with Gasteiger partial charge < -0.3 is 19.9 Å². The monoisotopic (exact) mass is 292 g/mol. The van der Waals surface area contributed by atoms with Crippen molar-refractivity contribution in [2.24, 2.45) is 0 Å². The predicted molar refractivity (Wildman–Crippen MR) is 84.1 cm³/mol. The Morgan fingerprint density at radius 1 is 1.29 bits per heavy atom. The van der Waals surface area contributed by atoms with Crippen LogP contribution in [-0.4, -0.2) is 50.3 Å². The van der Waals surface area contributed by atoms with Crippen molar-refractivity contribution in [1.82, 2.24) is 4.90 Å². The van der Waals surface area contributed by atoms with Gasteiger partial charge in [-0.25, -0.2) is 4.79 Å². The first-order valence-corrected chi connectivity index (χ1v) is 7.86. The second-order valence-corrected chi connectivity index (χ2v) is 5.35. The van der Waals surface area contributed by atoms with Crippen molar-refractivity contribution in [3.8, 4) is 5.75 Å². The molecular formula is C16H26N3O2+. The smallest absolute Gasteiger partial charge is 0.322 e. The van der Waals surface area contributed by atoms with Gasteiger partial charge in [0.25, 0.3) is 0 Å². The molecule has 5 nitrogen and oxygen atoms in total. The van der Waals surface area contributed by atoms with E-state index in [9.17, 15) is 4.79 Å². The Balaban J connectivity index is 1.90. The van der Waals surface area contributed by atoms with Gasteiger partial charge in [0.1, 0.15) is 5.75 Å². The second-order valence-electron chi connectivity index (χ2n) is 5.35. The lowest BCUT2D eigenvalue weighted by atomic mass is 10.3. The molecule has 0 saturated carbocycles. The van der Waals surface area contributed by atoms with E-state index in [4.69, 9.17) is 4.74 Å². The van der Waals surface area contributed by atoms with Crippen LogP contribution in [0.4, 0.5) is 10.5 Å². The fourth-order valence-corrected chi connectivity index (χ4v) is 2.68. The summed E-state index contributed by atoms with van der Waals surface area (Å²) in [5.74, 6) is 0.726. The quantitative estimate of drug-likeness (QED) is 0.857. The molecule has 0 atom stereocenters. The third-order valence-corrected chi connectivity index (χ3v) is 3.79. The largest absolute Gasteiger partial charge is 0.492 e. The van der Waals surface area contributed by atoms with Gasteiger partial charge in [-0.1, -0.05) is 19.1 Å². The Kier molecular flexibility index (Phi) is 5.87. The number of anilines is 1. The number of carbonyl (C=O) groups is 1. The standard InChI is InChI=1S/C16H25N3O2/c1-3-9-18-10-12-19(13-11-18)16(20)17-14-7-5-6-8-15(14)21-4-2/h5-8H,3-4,9-13H2,1-2H3,(H,17,20)/p+1. The second kappa shape index (κ2) is 7.88. The highest BCUT2D eigenvalue weighted by Crippen LogP contribution is 2.23. The predicted octanol–water partition coefficient (Wildman–Crippen LogP) is 1.23. The maximum absolute atomic E-state index is 12.3. The van der Waals surface area contributed by atoms with Crippen LogP contribution >= 0.6 is 0 Å². The highest BCUT2D eigenvalue weighted by Gasteiger charge is 2.23. The first-order chi connectivity index (χ1) is 10.2. The van der Waals surface area contributed by atoms with E-state index in [-0.39, 0.29) is 6.03 Å². The molecule has 0 bridgehead atoms. The van der Waals surface area contributed by atoms with E-state index < -0.39 is 0 Å². The van der Waals surface area contributed by atoms with Gasteiger partial charge in [-0.05, 0) is 25.5 Å². The summed E-state index contributed by atoms with van der Waals surface area (Å²) < 4.78 is 5.54. The van der Waals surface area contributed by atoms with Crippen LogP contribution in [0.1, 0.15) is 20.3 Å². The summed E-state index contributed by atoms with van der Waals surface area (Å²) >= 11 is 0. The van der Waals surface area contributed by atoms with E-state index in [1.807, 2.05) is 36.1 Å². The molecule has 1 aliphatic rings. The molecule has 116 valence electrons. The lowest BCUT2D eigenvalue weighted by Gasteiger charge is -2.32. The molecule has 2 amide bonds. The molecule has 1 saturated heterocycles. The molecule has 1 heterocycles. The number of carbonyl (C=O) groups excluding carboxylic acids is 1. The van der Waals surface area contributed by atoms with Crippen molar-refractivity contribution < 1.29 is 14.4 Å². The van der Waals surface area contributed by atoms with Crippen LogP contribution in [0.5, 0.6) is 5.75 Å². The molecule has 0 aromatic heterocycles. The number of benzene rings is 1. The number of hydrogen-bond donors (Lipinski definition) is 2. The Morgan fingerprint density at radius 2 is 2.00 bits per heavy atom. The molecular weight excluding hydrogens is 266 g/mol. The Bertz CT molecular complexity index is 457. The molecule has 1 aliphatic heterocycles. The summed E-state index contributed by atoms with van der Waals surface area (Å²) in [6.45, 7) is 9.64. The average molecular weight is 292 g/mol. The van der Waals surface area contributed by atoms with Crippen LogP contribution in [-0.2, 0) is 0 Å². The zero-order valence-electron chi connectivity index (χ0n) is 13.0. The van der Waals surface area contributed by atoms with Crippen molar-refractivity contribution in [2.75, 3.05) is 44.6 Å². The third-order valence-electron chi connectivity index (χ3n) is 3.79. The van der Waals surface area contributed by atoms with Gasteiger partial charge in [0.2, 0.25) is 0 Å². The number of hydrogen-bond acceptors (Lipinski definition) is 2. The SMILES string of the molecule is CCC[NH+]1CCN(C(=O)Nc2ccccc2OCC)CC1. The van der Waals surface area contributed by atoms with Crippen molar-refractivity contribution in [3.63, 3.8) is 0 Å². The van der Waals surface area contributed by atoms with Crippen LogP contribution in [0, 0.1) is 0 Å². The van der Waals surface area contributed by atoms with Crippen molar-refractivity contribution in [3.05, 3.63) is 24.3 Å². The summed E-state index contributed by atoms with van der Waals surface area (Å²) in [5.41, 5.74) is 0.743. The fraction of sp³-hybridized carbons (Fsp3) is 0.562. The summed E-state index contributed by atoms with van der Waals surface area (Å²) in [5, 5.41) is 2.96. The molecule has 2 rings (SSSR count). The highest BCUT2D eigenvalue weighted by atomic mass is 16.5. The summed E-state index contributed by atoms with van der Waals surface area (Å²) in [7, 11) is 0. The van der Waals surface area contributed by atoms with Gasteiger partial charge in [0, 0.05) is 0 Å². The molecule has 21 heavy (non-hydrogen) atoms. The van der Waals surface area contributed by atoms with Gasteiger partial charge >= 0.3 is 6.03 Å². The number of para-hydroxylation sites is 2. The van der Waals surface area contributed by atoms with Crippen LogP contribution in [0.3, 0.4) is 0 Å². The molecule has 1 aromatic carbocycles. The molecule has 2 N–H and O–H groups in total. The van der Waals surface area contributed by atoms with Crippen LogP contribution in [0.15, 0.2) is 24.3 Å². The summed E-state index contributed by atoms with van der Waals surface area (Å²) in [6, 6.07) is 7.54. The first-order valence-electron chi connectivity index (χ1n) is 7.86. The van der Waals surface area contributed by atoms with Gasteiger partial charge in [0.15, 0.2) is 0 Å². The molecule has 1 aromatic rings. The number of amides is 2. The van der Waals surface area contributed by atoms with E-state index in [1.165, 1.54) is 13.0 Å². The first kappa shape index (κ1) is 15.6. The van der Waals surface area contributed by atoms with E-state index in [0.717, 1.165) is 37.6 Å². The van der Waals surface area contributed by atoms with Crippen molar-refractivity contribution >= 4 is 11.7 Å². The normalized spacial score (nSPS) is 15.8. The fourth-order valence-electron chi connectivity index (χ4n) is 2.68. The number of urea groups is 1. The molecule has 0 aliphatic carbocycles. The molecule has 0 unspecified atom stereocenters. The molecule has 0 spiro atoms. The van der Waals surface area contributed by atoms with Gasteiger partial charge in [-0.2, -0.15) is 0 Å². The minimum atomic E-state index is -0.0299. The van der Waals surface area contributed by atoms with E-state index in [0.29, 0.717) is 6.61 Å². The third kappa shape index (κ3) is 4.36. The maximum Gasteiger partial charge on any atom is 0.322 e. The number of nitrogens with one attached hydrogen (secondary N) is 2. The minimum Gasteiger partial charge on any atom is -0.492 e.